The topological polar surface area (TPSA) is 89.4 Å². The minimum Gasteiger partial charge on any atom is -0.392 e. The highest BCUT2D eigenvalue weighted by Crippen LogP contribution is 2.19. The molecule has 0 aliphatic rings. The van der Waals surface area contributed by atoms with E-state index >= 15 is 0 Å². The number of aliphatic hydroxyl groups is 1. The first-order valence-corrected chi connectivity index (χ1v) is 9.50. The smallest absolute Gasteiger partial charge is 0.264 e. The van der Waals surface area contributed by atoms with E-state index in [1.165, 1.54) is 18.5 Å². The van der Waals surface area contributed by atoms with E-state index in [0.717, 1.165) is 6.26 Å². The van der Waals surface area contributed by atoms with Crippen LogP contribution >= 0.6 is 46.4 Å². The molecule has 2 rings (SSSR count). The Balaban J connectivity index is 0.000000254. The van der Waals surface area contributed by atoms with Crippen LogP contribution in [0.3, 0.4) is 0 Å². The molecule has 2 heterocycles. The Morgan fingerprint density at radius 1 is 1.00 bits per heavy atom. The van der Waals surface area contributed by atoms with Gasteiger partial charge in [0.15, 0.2) is 0 Å². The number of hydrogen-bond acceptors (Lipinski definition) is 6. The second-order valence-electron chi connectivity index (χ2n) is 4.33. The number of aliphatic hydroxyl groups excluding tert-OH is 1. The van der Waals surface area contributed by atoms with E-state index in [9.17, 15) is 8.42 Å². The molecule has 0 atom stereocenters. The van der Waals surface area contributed by atoms with Gasteiger partial charge in [0, 0.05) is 23.5 Å². The molecular formula is C13H12Cl4N2O4S. The van der Waals surface area contributed by atoms with Crippen LogP contribution in [0.5, 0.6) is 0 Å². The van der Waals surface area contributed by atoms with Gasteiger partial charge in [0.2, 0.25) is 0 Å². The van der Waals surface area contributed by atoms with E-state index in [1.807, 2.05) is 0 Å². The number of halogens is 4. The highest BCUT2D eigenvalue weighted by atomic mass is 35.5. The summed E-state index contributed by atoms with van der Waals surface area (Å²) >= 11 is 22.5. The van der Waals surface area contributed by atoms with Crippen molar-refractivity contribution in [1.29, 1.82) is 0 Å². The fourth-order valence-corrected chi connectivity index (χ4v) is 2.33. The first-order chi connectivity index (χ1) is 11.1. The van der Waals surface area contributed by atoms with Crippen LogP contribution in [0.1, 0.15) is 11.1 Å². The van der Waals surface area contributed by atoms with Crippen LogP contribution in [0.2, 0.25) is 20.4 Å². The molecule has 2 aromatic heterocycles. The Labute approximate surface area is 159 Å². The van der Waals surface area contributed by atoms with Crippen molar-refractivity contribution < 1.29 is 17.7 Å². The third kappa shape index (κ3) is 7.94. The predicted molar refractivity (Wildman–Crippen MR) is 94.1 cm³/mol. The van der Waals surface area contributed by atoms with Crippen molar-refractivity contribution in [2.45, 2.75) is 13.2 Å². The summed E-state index contributed by atoms with van der Waals surface area (Å²) in [5.74, 6) is 0. The molecule has 0 spiro atoms. The molecule has 0 fully saturated rings. The maximum absolute atomic E-state index is 10.7. The molecule has 24 heavy (non-hydrogen) atoms. The largest absolute Gasteiger partial charge is 0.392 e. The second-order valence-corrected chi connectivity index (χ2v) is 7.56. The van der Waals surface area contributed by atoms with Crippen molar-refractivity contribution >= 4 is 56.5 Å². The Bertz CT molecular complexity index is 803. The number of nitrogens with zero attached hydrogens (tertiary/aromatic N) is 2. The molecule has 0 aliphatic heterocycles. The molecule has 0 saturated carbocycles. The van der Waals surface area contributed by atoms with Crippen molar-refractivity contribution in [2.75, 3.05) is 6.26 Å². The lowest BCUT2D eigenvalue weighted by atomic mass is 10.3. The predicted octanol–water partition coefficient (Wildman–Crippen LogP) is 3.75. The quantitative estimate of drug-likeness (QED) is 0.583. The van der Waals surface area contributed by atoms with Crippen LogP contribution in [-0.4, -0.2) is 29.7 Å². The van der Waals surface area contributed by atoms with E-state index in [0.29, 0.717) is 26.3 Å². The molecule has 132 valence electrons. The van der Waals surface area contributed by atoms with Crippen molar-refractivity contribution in [1.82, 2.24) is 9.97 Å². The third-order valence-corrected chi connectivity index (χ3v) is 4.00. The molecular weight excluding hydrogens is 422 g/mol. The van der Waals surface area contributed by atoms with Gasteiger partial charge in [-0.15, -0.1) is 0 Å². The maximum atomic E-state index is 10.7. The Hall–Kier alpha value is -0.670. The summed E-state index contributed by atoms with van der Waals surface area (Å²) in [7, 11) is -3.48. The summed E-state index contributed by atoms with van der Waals surface area (Å²) < 4.78 is 25.9. The average Bonchev–Trinajstić information content (AvgIpc) is 2.50. The maximum Gasteiger partial charge on any atom is 0.264 e. The Kier molecular flexibility index (Phi) is 8.66. The summed E-state index contributed by atoms with van der Waals surface area (Å²) in [5, 5.41) is 9.99. The van der Waals surface area contributed by atoms with Crippen molar-refractivity contribution in [3.63, 3.8) is 0 Å². The van der Waals surface area contributed by atoms with E-state index in [2.05, 4.69) is 14.2 Å². The first kappa shape index (κ1) is 21.4. The summed E-state index contributed by atoms with van der Waals surface area (Å²) in [6.45, 7) is -0.294. The van der Waals surface area contributed by atoms with E-state index in [4.69, 9.17) is 51.5 Å². The molecule has 0 amide bonds. The standard InChI is InChI=1S/C7H7Cl2NO3S.C6H5Cl2NO/c1-14(11,12)13-4-5-2-6(8)3-10-7(5)9;7-5-1-4(3-10)6(8)9-2-5/h2-3H,4H2,1H3;1-2,10H,3H2. The zero-order valence-electron chi connectivity index (χ0n) is 12.2. The number of rotatable bonds is 4. The molecule has 0 unspecified atom stereocenters. The van der Waals surface area contributed by atoms with Crippen molar-refractivity contribution in [3.8, 4) is 0 Å². The van der Waals surface area contributed by atoms with Gasteiger partial charge in [0.05, 0.1) is 29.5 Å². The summed E-state index contributed by atoms with van der Waals surface area (Å²) in [6, 6.07) is 3.08. The normalized spacial score (nSPS) is 10.9. The van der Waals surface area contributed by atoms with Gasteiger partial charge in [0.25, 0.3) is 10.1 Å². The van der Waals surface area contributed by atoms with Crippen molar-refractivity contribution in [2.24, 2.45) is 0 Å². The van der Waals surface area contributed by atoms with Gasteiger partial charge >= 0.3 is 0 Å². The lowest BCUT2D eigenvalue weighted by Gasteiger charge is -2.03. The summed E-state index contributed by atoms with van der Waals surface area (Å²) in [4.78, 5) is 7.46. The molecule has 0 aromatic carbocycles. The highest BCUT2D eigenvalue weighted by molar-refractivity contribution is 7.85. The van der Waals surface area contributed by atoms with Gasteiger partial charge in [-0.05, 0) is 12.1 Å². The van der Waals surface area contributed by atoms with Crippen LogP contribution in [0.25, 0.3) is 0 Å². The van der Waals surface area contributed by atoms with Gasteiger partial charge < -0.3 is 5.11 Å². The van der Waals surface area contributed by atoms with Crippen LogP contribution in [-0.2, 0) is 27.5 Å². The van der Waals surface area contributed by atoms with Crippen LogP contribution in [0.4, 0.5) is 0 Å². The molecule has 1 N–H and O–H groups in total. The molecule has 0 aliphatic carbocycles. The van der Waals surface area contributed by atoms with Gasteiger partial charge in [-0.1, -0.05) is 46.4 Å². The van der Waals surface area contributed by atoms with Gasteiger partial charge in [-0.3, -0.25) is 4.18 Å². The molecule has 0 radical (unpaired) electrons. The second kappa shape index (κ2) is 9.72. The van der Waals surface area contributed by atoms with Gasteiger partial charge in [-0.25, -0.2) is 9.97 Å². The minimum atomic E-state index is -3.48. The van der Waals surface area contributed by atoms with E-state index < -0.39 is 10.1 Å². The fourth-order valence-electron chi connectivity index (χ4n) is 1.31. The highest BCUT2D eigenvalue weighted by Gasteiger charge is 2.07. The van der Waals surface area contributed by atoms with Gasteiger partial charge in [0.1, 0.15) is 10.3 Å². The van der Waals surface area contributed by atoms with Crippen LogP contribution in [0.15, 0.2) is 24.5 Å². The lowest BCUT2D eigenvalue weighted by Crippen LogP contribution is -2.03. The number of hydrogen-bond donors (Lipinski definition) is 1. The van der Waals surface area contributed by atoms with Gasteiger partial charge in [-0.2, -0.15) is 8.42 Å². The third-order valence-electron chi connectivity index (χ3n) is 2.36. The van der Waals surface area contributed by atoms with Crippen LogP contribution < -0.4 is 0 Å². The average molecular weight is 434 g/mol. The van der Waals surface area contributed by atoms with E-state index in [1.54, 1.807) is 6.07 Å². The van der Waals surface area contributed by atoms with Crippen LogP contribution in [0, 0.1) is 0 Å². The minimum absolute atomic E-state index is 0.133. The van der Waals surface area contributed by atoms with E-state index in [-0.39, 0.29) is 18.4 Å². The SMILES string of the molecule is CS(=O)(=O)OCc1cc(Cl)cnc1Cl.OCc1cc(Cl)cnc1Cl. The first-order valence-electron chi connectivity index (χ1n) is 6.17. The Morgan fingerprint density at radius 2 is 1.46 bits per heavy atom. The lowest BCUT2D eigenvalue weighted by molar-refractivity contribution is 0.281. The summed E-state index contributed by atoms with van der Waals surface area (Å²) in [5.41, 5.74) is 0.985. The summed E-state index contributed by atoms with van der Waals surface area (Å²) in [6.07, 6.45) is 3.76. The zero-order chi connectivity index (χ0) is 18.3. The molecule has 2 aromatic rings. The monoisotopic (exact) mass is 432 g/mol. The van der Waals surface area contributed by atoms with Crippen molar-refractivity contribution in [3.05, 3.63) is 56.0 Å². The molecule has 0 bridgehead atoms. The fraction of sp³-hybridized carbons (Fsp3) is 0.231. The molecule has 6 nitrogen and oxygen atoms in total. The molecule has 0 saturated heterocycles. The molecule has 11 heteroatoms. The number of aromatic nitrogens is 2. The zero-order valence-corrected chi connectivity index (χ0v) is 16.1. The Morgan fingerprint density at radius 3 is 1.88 bits per heavy atom. The number of pyridine rings is 2.